The third-order valence-electron chi connectivity index (χ3n) is 5.23. The average Bonchev–Trinajstić information content (AvgIpc) is 2.91. The van der Waals surface area contributed by atoms with Crippen LogP contribution in [-0.2, 0) is 35.8 Å². The molecule has 3 rings (SSSR count). The van der Waals surface area contributed by atoms with Crippen LogP contribution in [-0.4, -0.2) is 48.5 Å². The largest absolute Gasteiger partial charge is 0.357 e. The van der Waals surface area contributed by atoms with Gasteiger partial charge >= 0.3 is 0 Å². The summed E-state index contributed by atoms with van der Waals surface area (Å²) in [5.41, 5.74) is 1.72. The van der Waals surface area contributed by atoms with Crippen LogP contribution in [0.4, 0.5) is 0 Å². The van der Waals surface area contributed by atoms with Gasteiger partial charge in [0, 0.05) is 38.7 Å². The molecule has 0 saturated heterocycles. The minimum absolute atomic E-state index is 0. The molecule has 0 fully saturated rings. The number of benzene rings is 1. The molecule has 2 heterocycles. The Bertz CT molecular complexity index is 1000. The minimum Gasteiger partial charge on any atom is -0.357 e. The Labute approximate surface area is 202 Å². The predicted molar refractivity (Wildman–Crippen MR) is 134 cm³/mol. The Morgan fingerprint density at radius 2 is 2.00 bits per heavy atom. The second-order valence-corrected chi connectivity index (χ2v) is 9.72. The van der Waals surface area contributed by atoms with Crippen molar-refractivity contribution in [2.24, 2.45) is 4.99 Å². The van der Waals surface area contributed by atoms with Crippen molar-refractivity contribution in [3.63, 3.8) is 0 Å². The summed E-state index contributed by atoms with van der Waals surface area (Å²) < 4.78 is 25.8. The molecule has 0 unspecified atom stereocenters. The molecule has 2 aromatic rings. The first-order valence-corrected chi connectivity index (χ1v) is 12.5. The molecule has 0 amide bonds. The Kier molecular flexibility index (Phi) is 9.73. The molecule has 1 aromatic heterocycles. The van der Waals surface area contributed by atoms with Gasteiger partial charge in [0.15, 0.2) is 15.8 Å². The topological polar surface area (TPSA) is 101 Å². The van der Waals surface area contributed by atoms with E-state index in [1.807, 2.05) is 26.0 Å². The summed E-state index contributed by atoms with van der Waals surface area (Å²) in [6.07, 6.45) is 6.67. The van der Waals surface area contributed by atoms with Crippen molar-refractivity contribution in [2.45, 2.75) is 63.9 Å². The van der Waals surface area contributed by atoms with E-state index in [9.17, 15) is 8.42 Å². The number of rotatable bonds is 7. The first-order valence-electron chi connectivity index (χ1n) is 10.6. The van der Waals surface area contributed by atoms with Gasteiger partial charge in [0.1, 0.15) is 11.6 Å². The van der Waals surface area contributed by atoms with Crippen molar-refractivity contribution in [3.05, 3.63) is 41.0 Å². The van der Waals surface area contributed by atoms with E-state index in [-0.39, 0.29) is 24.0 Å². The summed E-state index contributed by atoms with van der Waals surface area (Å²) in [5, 5.41) is 15.4. The fourth-order valence-corrected chi connectivity index (χ4v) is 4.72. The Balaban J connectivity index is 0.00000341. The number of sulfone groups is 1. The zero-order valence-corrected chi connectivity index (χ0v) is 21.7. The quantitative estimate of drug-likeness (QED) is 0.307. The summed E-state index contributed by atoms with van der Waals surface area (Å²) in [6.45, 7) is 6.80. The van der Waals surface area contributed by atoms with Crippen LogP contribution in [0, 0.1) is 6.92 Å². The number of aliphatic imine (C=N–C) groups is 1. The molecular formula is C21H33IN6O2S. The van der Waals surface area contributed by atoms with Gasteiger partial charge in [-0.15, -0.1) is 34.2 Å². The van der Waals surface area contributed by atoms with E-state index >= 15 is 0 Å². The van der Waals surface area contributed by atoms with Gasteiger partial charge in [0.25, 0.3) is 0 Å². The highest BCUT2D eigenvalue weighted by Crippen LogP contribution is 2.17. The molecule has 0 bridgehead atoms. The maximum atomic E-state index is 11.8. The first kappa shape index (κ1) is 25.6. The maximum Gasteiger partial charge on any atom is 0.191 e. The van der Waals surface area contributed by atoms with Crippen LogP contribution >= 0.6 is 24.0 Å². The SMILES string of the molecule is CCNC(=NCc1ccc(S(C)(=O)=O)c(C)c1)NCCc1nnc2n1CCCCC2.I. The summed E-state index contributed by atoms with van der Waals surface area (Å²) in [6, 6.07) is 5.36. The lowest BCUT2D eigenvalue weighted by atomic mass is 10.1. The molecule has 31 heavy (non-hydrogen) atoms. The number of hydrogen-bond acceptors (Lipinski definition) is 5. The fourth-order valence-electron chi connectivity index (χ4n) is 3.76. The molecule has 0 atom stereocenters. The van der Waals surface area contributed by atoms with Gasteiger partial charge in [0.05, 0.1) is 11.4 Å². The minimum atomic E-state index is -3.21. The number of hydrogen-bond donors (Lipinski definition) is 2. The third-order valence-corrected chi connectivity index (χ3v) is 6.49. The average molecular weight is 561 g/mol. The van der Waals surface area contributed by atoms with E-state index in [4.69, 9.17) is 0 Å². The number of halogens is 1. The van der Waals surface area contributed by atoms with Crippen LogP contribution in [0.1, 0.15) is 49.0 Å². The Morgan fingerprint density at radius 1 is 1.19 bits per heavy atom. The highest BCUT2D eigenvalue weighted by atomic mass is 127. The van der Waals surface area contributed by atoms with Crippen molar-refractivity contribution in [1.29, 1.82) is 0 Å². The smallest absolute Gasteiger partial charge is 0.191 e. The highest BCUT2D eigenvalue weighted by Gasteiger charge is 2.14. The van der Waals surface area contributed by atoms with Gasteiger partial charge in [-0.3, -0.25) is 0 Å². The van der Waals surface area contributed by atoms with Crippen LogP contribution in [0.5, 0.6) is 0 Å². The van der Waals surface area contributed by atoms with Gasteiger partial charge < -0.3 is 15.2 Å². The van der Waals surface area contributed by atoms with E-state index in [2.05, 4.69) is 30.4 Å². The second-order valence-electron chi connectivity index (χ2n) is 7.74. The third kappa shape index (κ3) is 7.16. The number of nitrogens with one attached hydrogen (secondary N) is 2. The van der Waals surface area contributed by atoms with Gasteiger partial charge in [0.2, 0.25) is 0 Å². The van der Waals surface area contributed by atoms with Crippen molar-refractivity contribution in [3.8, 4) is 0 Å². The zero-order chi connectivity index (χ0) is 21.6. The lowest BCUT2D eigenvalue weighted by molar-refractivity contribution is 0.600. The second kappa shape index (κ2) is 11.8. The molecule has 0 aliphatic carbocycles. The van der Waals surface area contributed by atoms with E-state index in [0.29, 0.717) is 11.4 Å². The summed E-state index contributed by atoms with van der Waals surface area (Å²) in [7, 11) is -3.21. The number of aromatic nitrogens is 3. The molecule has 10 heteroatoms. The van der Waals surface area contributed by atoms with Crippen molar-refractivity contribution >= 4 is 39.8 Å². The Morgan fingerprint density at radius 3 is 2.71 bits per heavy atom. The predicted octanol–water partition coefficient (Wildman–Crippen LogP) is 2.63. The van der Waals surface area contributed by atoms with Crippen LogP contribution in [0.2, 0.25) is 0 Å². The van der Waals surface area contributed by atoms with E-state index in [0.717, 1.165) is 61.2 Å². The summed E-state index contributed by atoms with van der Waals surface area (Å²) in [5.74, 6) is 2.87. The van der Waals surface area contributed by atoms with Gasteiger partial charge in [-0.05, 0) is 43.9 Å². The van der Waals surface area contributed by atoms with Crippen LogP contribution in [0.15, 0.2) is 28.1 Å². The molecule has 8 nitrogen and oxygen atoms in total. The number of fused-ring (bicyclic) bond motifs is 1. The van der Waals surface area contributed by atoms with Crippen LogP contribution in [0.3, 0.4) is 0 Å². The van der Waals surface area contributed by atoms with Crippen molar-refractivity contribution in [2.75, 3.05) is 19.3 Å². The molecule has 1 aliphatic heterocycles. The van der Waals surface area contributed by atoms with E-state index < -0.39 is 9.84 Å². The highest BCUT2D eigenvalue weighted by molar-refractivity contribution is 14.0. The molecule has 0 spiro atoms. The standard InChI is InChI=1S/C21H32N6O2S.HI/c1-4-22-21(24-15-17-9-10-18(16(2)14-17)30(3,28)29)23-12-11-20-26-25-19-8-6-5-7-13-27(19)20;/h9-10,14H,4-8,11-13,15H2,1-3H3,(H2,22,23,24);1H. The molecule has 172 valence electrons. The van der Waals surface area contributed by atoms with E-state index in [1.165, 1.54) is 25.5 Å². The van der Waals surface area contributed by atoms with E-state index in [1.54, 1.807) is 6.07 Å². The molecule has 0 radical (unpaired) electrons. The molecule has 1 aliphatic rings. The van der Waals surface area contributed by atoms with Gasteiger partial charge in [-0.25, -0.2) is 13.4 Å². The molecular weight excluding hydrogens is 527 g/mol. The molecule has 2 N–H and O–H groups in total. The molecule has 1 aromatic carbocycles. The van der Waals surface area contributed by atoms with Crippen LogP contribution < -0.4 is 10.6 Å². The Hall–Kier alpha value is -1.69. The number of guanidine groups is 1. The van der Waals surface area contributed by atoms with Crippen molar-refractivity contribution < 1.29 is 8.42 Å². The fraction of sp³-hybridized carbons (Fsp3) is 0.571. The van der Waals surface area contributed by atoms with Crippen LogP contribution in [0.25, 0.3) is 0 Å². The summed E-state index contributed by atoms with van der Waals surface area (Å²) in [4.78, 5) is 5.01. The monoisotopic (exact) mass is 560 g/mol. The maximum absolute atomic E-state index is 11.8. The van der Waals surface area contributed by atoms with Crippen molar-refractivity contribution in [1.82, 2.24) is 25.4 Å². The van der Waals surface area contributed by atoms with Gasteiger partial charge in [-0.2, -0.15) is 0 Å². The van der Waals surface area contributed by atoms with Gasteiger partial charge in [-0.1, -0.05) is 18.6 Å². The summed E-state index contributed by atoms with van der Waals surface area (Å²) >= 11 is 0. The lowest BCUT2D eigenvalue weighted by Crippen LogP contribution is -2.38. The number of aryl methyl sites for hydroxylation is 2. The normalized spacial score (nSPS) is 14.4. The molecule has 0 saturated carbocycles. The number of nitrogens with zero attached hydrogens (tertiary/aromatic N) is 4. The zero-order valence-electron chi connectivity index (χ0n) is 18.5. The lowest BCUT2D eigenvalue weighted by Gasteiger charge is -2.12. The first-order chi connectivity index (χ1) is 14.4.